The summed E-state index contributed by atoms with van der Waals surface area (Å²) >= 11 is 0. The minimum Gasteiger partial charge on any atom is -0.489 e. The van der Waals surface area contributed by atoms with E-state index in [1.54, 1.807) is 6.20 Å². The van der Waals surface area contributed by atoms with Crippen LogP contribution in [0.5, 0.6) is 5.75 Å². The van der Waals surface area contributed by atoms with Crippen molar-refractivity contribution in [3.8, 4) is 5.75 Å². The summed E-state index contributed by atoms with van der Waals surface area (Å²) in [6, 6.07) is 18.0. The molecular weight excluding hydrogens is 326 g/mol. The summed E-state index contributed by atoms with van der Waals surface area (Å²) in [5, 5.41) is 14.6. The fraction of sp³-hybridized carbons (Fsp3) is 0.250. The number of para-hydroxylation sites is 2. The molecule has 0 saturated carbocycles. The molecular formula is C20H23N5O. The van der Waals surface area contributed by atoms with Gasteiger partial charge in [0.05, 0.1) is 18.0 Å². The molecule has 0 aliphatic heterocycles. The van der Waals surface area contributed by atoms with Crippen molar-refractivity contribution in [3.63, 3.8) is 0 Å². The first-order chi connectivity index (χ1) is 12.6. The van der Waals surface area contributed by atoms with Gasteiger partial charge in [0, 0.05) is 6.04 Å². The van der Waals surface area contributed by atoms with E-state index in [4.69, 9.17) is 4.74 Å². The normalized spacial score (nSPS) is 11.8. The van der Waals surface area contributed by atoms with E-state index in [0.29, 0.717) is 11.8 Å². The SMILES string of the molecule is CC(C)Oc1ccccc1Nc1nncc(NC(C)c2ccccc2)n1. The van der Waals surface area contributed by atoms with Crippen LogP contribution in [-0.4, -0.2) is 21.3 Å². The van der Waals surface area contributed by atoms with Gasteiger partial charge < -0.3 is 15.4 Å². The lowest BCUT2D eigenvalue weighted by atomic mass is 10.1. The molecule has 6 heteroatoms. The molecule has 0 amide bonds. The standard InChI is InChI=1S/C20H23N5O/c1-14(2)26-18-12-8-7-11-17(18)23-20-24-19(13-21-25-20)22-15(3)16-9-5-4-6-10-16/h4-15H,1-3H3,(H2,22,23,24,25). The highest BCUT2D eigenvalue weighted by Gasteiger charge is 2.10. The van der Waals surface area contributed by atoms with E-state index in [1.807, 2.05) is 56.3 Å². The molecule has 1 atom stereocenters. The quantitative estimate of drug-likeness (QED) is 0.651. The molecule has 134 valence electrons. The zero-order valence-electron chi connectivity index (χ0n) is 15.2. The summed E-state index contributed by atoms with van der Waals surface area (Å²) in [6.07, 6.45) is 1.69. The third kappa shape index (κ3) is 4.69. The maximum atomic E-state index is 5.82. The Morgan fingerprint density at radius 1 is 0.923 bits per heavy atom. The van der Waals surface area contributed by atoms with Crippen molar-refractivity contribution in [1.29, 1.82) is 0 Å². The fourth-order valence-corrected chi connectivity index (χ4v) is 2.52. The molecule has 0 aliphatic rings. The van der Waals surface area contributed by atoms with Crippen LogP contribution in [0, 0.1) is 0 Å². The Morgan fingerprint density at radius 3 is 2.42 bits per heavy atom. The van der Waals surface area contributed by atoms with E-state index in [-0.39, 0.29) is 12.1 Å². The number of ether oxygens (including phenoxy) is 1. The van der Waals surface area contributed by atoms with Crippen molar-refractivity contribution in [2.75, 3.05) is 10.6 Å². The Labute approximate surface area is 153 Å². The molecule has 0 fully saturated rings. The van der Waals surface area contributed by atoms with Crippen molar-refractivity contribution >= 4 is 17.5 Å². The Balaban J connectivity index is 1.74. The summed E-state index contributed by atoms with van der Waals surface area (Å²) in [6.45, 7) is 6.06. The van der Waals surface area contributed by atoms with Gasteiger partial charge in [0.1, 0.15) is 5.75 Å². The fourth-order valence-electron chi connectivity index (χ4n) is 2.52. The number of aromatic nitrogens is 3. The van der Waals surface area contributed by atoms with E-state index in [9.17, 15) is 0 Å². The predicted molar refractivity (Wildman–Crippen MR) is 104 cm³/mol. The third-order valence-electron chi connectivity index (χ3n) is 3.72. The van der Waals surface area contributed by atoms with Crippen LogP contribution in [0.4, 0.5) is 17.5 Å². The Hall–Kier alpha value is -3.15. The number of nitrogens with one attached hydrogen (secondary N) is 2. The second kappa shape index (κ2) is 8.29. The van der Waals surface area contributed by atoms with Crippen LogP contribution in [0.2, 0.25) is 0 Å². The van der Waals surface area contributed by atoms with Crippen LogP contribution >= 0.6 is 0 Å². The molecule has 0 saturated heterocycles. The van der Waals surface area contributed by atoms with Gasteiger partial charge in [0.15, 0.2) is 5.82 Å². The highest BCUT2D eigenvalue weighted by atomic mass is 16.5. The van der Waals surface area contributed by atoms with Gasteiger partial charge in [-0.25, -0.2) is 0 Å². The van der Waals surface area contributed by atoms with Crippen molar-refractivity contribution in [1.82, 2.24) is 15.2 Å². The minimum absolute atomic E-state index is 0.0803. The molecule has 1 unspecified atom stereocenters. The average molecular weight is 349 g/mol. The molecule has 2 N–H and O–H groups in total. The van der Waals surface area contributed by atoms with Gasteiger partial charge in [-0.15, -0.1) is 5.10 Å². The molecule has 0 bridgehead atoms. The minimum atomic E-state index is 0.0803. The Bertz CT molecular complexity index is 838. The van der Waals surface area contributed by atoms with E-state index in [2.05, 4.69) is 44.9 Å². The number of anilines is 3. The lowest BCUT2D eigenvalue weighted by Gasteiger charge is -2.16. The van der Waals surface area contributed by atoms with Gasteiger partial charge in [-0.2, -0.15) is 10.1 Å². The van der Waals surface area contributed by atoms with Gasteiger partial charge in [0.25, 0.3) is 0 Å². The topological polar surface area (TPSA) is 72.0 Å². The average Bonchev–Trinajstić information content (AvgIpc) is 2.64. The van der Waals surface area contributed by atoms with Crippen molar-refractivity contribution in [2.45, 2.75) is 32.9 Å². The van der Waals surface area contributed by atoms with E-state index >= 15 is 0 Å². The van der Waals surface area contributed by atoms with Crippen LogP contribution in [-0.2, 0) is 0 Å². The predicted octanol–water partition coefficient (Wildman–Crippen LogP) is 4.58. The molecule has 2 aromatic carbocycles. The van der Waals surface area contributed by atoms with Crippen molar-refractivity contribution < 1.29 is 4.74 Å². The van der Waals surface area contributed by atoms with Gasteiger partial charge in [-0.3, -0.25) is 0 Å². The largest absolute Gasteiger partial charge is 0.489 e. The summed E-state index contributed by atoms with van der Waals surface area (Å²) in [5.74, 6) is 1.82. The van der Waals surface area contributed by atoms with Crippen LogP contribution < -0.4 is 15.4 Å². The number of hydrogen-bond acceptors (Lipinski definition) is 6. The first-order valence-corrected chi connectivity index (χ1v) is 8.65. The van der Waals surface area contributed by atoms with Crippen LogP contribution in [0.15, 0.2) is 60.8 Å². The molecule has 1 aromatic heterocycles. The van der Waals surface area contributed by atoms with E-state index in [1.165, 1.54) is 5.56 Å². The molecule has 3 aromatic rings. The second-order valence-corrected chi connectivity index (χ2v) is 6.23. The monoisotopic (exact) mass is 349 g/mol. The third-order valence-corrected chi connectivity index (χ3v) is 3.72. The Kier molecular flexibility index (Phi) is 5.63. The first-order valence-electron chi connectivity index (χ1n) is 8.65. The number of benzene rings is 2. The molecule has 3 rings (SSSR count). The molecule has 26 heavy (non-hydrogen) atoms. The smallest absolute Gasteiger partial charge is 0.249 e. The molecule has 0 aliphatic carbocycles. The second-order valence-electron chi connectivity index (χ2n) is 6.23. The summed E-state index contributed by atoms with van der Waals surface area (Å²) in [7, 11) is 0. The van der Waals surface area contributed by atoms with Crippen LogP contribution in [0.3, 0.4) is 0 Å². The molecule has 0 radical (unpaired) electrons. The summed E-state index contributed by atoms with van der Waals surface area (Å²) in [5.41, 5.74) is 1.98. The van der Waals surface area contributed by atoms with Gasteiger partial charge in [-0.05, 0) is 38.5 Å². The van der Waals surface area contributed by atoms with Crippen LogP contribution in [0.25, 0.3) is 0 Å². The summed E-state index contributed by atoms with van der Waals surface area (Å²) in [4.78, 5) is 4.50. The zero-order valence-corrected chi connectivity index (χ0v) is 15.2. The van der Waals surface area contributed by atoms with Gasteiger partial charge in [-0.1, -0.05) is 42.5 Å². The zero-order chi connectivity index (χ0) is 18.4. The van der Waals surface area contributed by atoms with Gasteiger partial charge in [0.2, 0.25) is 5.95 Å². The van der Waals surface area contributed by atoms with Crippen molar-refractivity contribution in [2.24, 2.45) is 0 Å². The van der Waals surface area contributed by atoms with Gasteiger partial charge >= 0.3 is 0 Å². The molecule has 0 spiro atoms. The van der Waals surface area contributed by atoms with Crippen molar-refractivity contribution in [3.05, 3.63) is 66.4 Å². The highest BCUT2D eigenvalue weighted by molar-refractivity contribution is 5.62. The highest BCUT2D eigenvalue weighted by Crippen LogP contribution is 2.27. The lowest BCUT2D eigenvalue weighted by molar-refractivity contribution is 0.244. The number of rotatable bonds is 7. The molecule has 1 heterocycles. The number of nitrogens with zero attached hydrogens (tertiary/aromatic N) is 3. The maximum Gasteiger partial charge on any atom is 0.249 e. The van der Waals surface area contributed by atoms with E-state index < -0.39 is 0 Å². The van der Waals surface area contributed by atoms with Crippen LogP contribution in [0.1, 0.15) is 32.4 Å². The Morgan fingerprint density at radius 2 is 1.65 bits per heavy atom. The maximum absolute atomic E-state index is 5.82. The summed E-state index contributed by atoms with van der Waals surface area (Å²) < 4.78 is 5.82. The number of hydrogen-bond donors (Lipinski definition) is 2. The first kappa shape index (κ1) is 17.7. The lowest BCUT2D eigenvalue weighted by Crippen LogP contribution is -2.11. The van der Waals surface area contributed by atoms with E-state index in [0.717, 1.165) is 11.4 Å². The molecule has 6 nitrogen and oxygen atoms in total.